The summed E-state index contributed by atoms with van der Waals surface area (Å²) in [5, 5.41) is 0. The number of hydrogen-bond donors (Lipinski definition) is 0. The van der Waals surface area contributed by atoms with Gasteiger partial charge in [-0.1, -0.05) is 297 Å². The summed E-state index contributed by atoms with van der Waals surface area (Å²) >= 11 is 0. The van der Waals surface area contributed by atoms with Crippen LogP contribution < -0.4 is 0 Å². The fourth-order valence-corrected chi connectivity index (χ4v) is 8.98. The Balaban J connectivity index is 4.28. The Morgan fingerprint density at radius 3 is 0.625 bits per heavy atom. The minimum absolute atomic E-state index is 0.0610. The first kappa shape index (κ1) is 62.4. The molecule has 0 spiro atoms. The van der Waals surface area contributed by atoms with E-state index in [-0.39, 0.29) is 31.1 Å². The van der Waals surface area contributed by atoms with Gasteiger partial charge in [-0.25, -0.2) is 0 Å². The van der Waals surface area contributed by atoms with Gasteiger partial charge in [-0.3, -0.25) is 14.4 Å². The summed E-state index contributed by atoms with van der Waals surface area (Å²) in [5.41, 5.74) is 0. The molecule has 0 saturated carbocycles. The molecule has 6 nitrogen and oxygen atoms in total. The highest BCUT2D eigenvalue weighted by Gasteiger charge is 2.19. The van der Waals surface area contributed by atoms with Gasteiger partial charge >= 0.3 is 17.9 Å². The van der Waals surface area contributed by atoms with Crippen LogP contribution in [0, 0.1) is 0 Å². The van der Waals surface area contributed by atoms with E-state index < -0.39 is 6.10 Å². The van der Waals surface area contributed by atoms with Crippen molar-refractivity contribution in [1.29, 1.82) is 0 Å². The Morgan fingerprint density at radius 2 is 0.422 bits per heavy atom. The van der Waals surface area contributed by atoms with Crippen LogP contribution in [0.1, 0.15) is 335 Å². The lowest BCUT2D eigenvalue weighted by Crippen LogP contribution is -2.30. The molecule has 0 rings (SSSR count). The lowest BCUT2D eigenvalue weighted by atomic mass is 10.0. The van der Waals surface area contributed by atoms with E-state index in [1.54, 1.807) is 0 Å². The summed E-state index contributed by atoms with van der Waals surface area (Å²) in [4.78, 5) is 38.1. The average Bonchev–Trinajstić information content (AvgIpc) is 3.29. The van der Waals surface area contributed by atoms with Crippen molar-refractivity contribution in [2.75, 3.05) is 13.2 Å². The van der Waals surface area contributed by atoms with E-state index >= 15 is 0 Å². The molecule has 0 saturated heterocycles. The predicted molar refractivity (Wildman–Crippen MR) is 275 cm³/mol. The Hall–Kier alpha value is -1.59. The SMILES string of the molecule is CCCCCCCCCCCCCCCCCCCC(=O)OC[C@H](COC(=O)CCCCCCCCCCCCCCCCC)OC(=O)CCCCCCCCCCCCCCCC. The molecule has 1 atom stereocenters. The fraction of sp³-hybridized carbons (Fsp3) is 0.948. The maximum atomic E-state index is 12.8. The lowest BCUT2D eigenvalue weighted by Gasteiger charge is -2.18. The van der Waals surface area contributed by atoms with Gasteiger partial charge in [-0.15, -0.1) is 0 Å². The molecular formula is C58H112O6. The number of rotatable bonds is 54. The highest BCUT2D eigenvalue weighted by molar-refractivity contribution is 5.71. The van der Waals surface area contributed by atoms with Gasteiger partial charge in [0.25, 0.3) is 0 Å². The average molecular weight is 906 g/mol. The van der Waals surface area contributed by atoms with Crippen molar-refractivity contribution >= 4 is 17.9 Å². The number of unbranched alkanes of at least 4 members (excludes halogenated alkanes) is 43. The standard InChI is InChI=1S/C58H112O6/c1-4-7-10-13-16-19-22-25-28-29-31-34-36-39-42-45-48-51-57(60)63-54-55(64-58(61)52-49-46-43-40-37-32-27-24-21-18-15-12-9-6-3)53-62-56(59)50-47-44-41-38-35-33-30-26-23-20-17-14-11-8-5-2/h55H,4-54H2,1-3H3/t55-/m0/s1. The molecule has 0 bridgehead atoms. The minimum atomic E-state index is -0.761. The molecular weight excluding hydrogens is 793 g/mol. The van der Waals surface area contributed by atoms with Crippen molar-refractivity contribution < 1.29 is 28.6 Å². The fourth-order valence-electron chi connectivity index (χ4n) is 8.98. The number of ether oxygens (including phenoxy) is 3. The summed E-state index contributed by atoms with van der Waals surface area (Å²) in [6.07, 6.45) is 59.4. The zero-order chi connectivity index (χ0) is 46.5. The lowest BCUT2D eigenvalue weighted by molar-refractivity contribution is -0.167. The van der Waals surface area contributed by atoms with E-state index in [4.69, 9.17) is 14.2 Å². The molecule has 0 amide bonds. The third-order valence-corrected chi connectivity index (χ3v) is 13.4. The highest BCUT2D eigenvalue weighted by atomic mass is 16.6. The molecule has 0 N–H and O–H groups in total. The van der Waals surface area contributed by atoms with Crippen molar-refractivity contribution in [1.82, 2.24) is 0 Å². The second-order valence-electron chi connectivity index (χ2n) is 19.9. The molecule has 0 aromatic carbocycles. The van der Waals surface area contributed by atoms with Crippen molar-refractivity contribution in [3.63, 3.8) is 0 Å². The summed E-state index contributed by atoms with van der Waals surface area (Å²) in [7, 11) is 0. The molecule has 0 aromatic rings. The minimum Gasteiger partial charge on any atom is -0.462 e. The first-order chi connectivity index (χ1) is 31.5. The van der Waals surface area contributed by atoms with E-state index in [2.05, 4.69) is 20.8 Å². The van der Waals surface area contributed by atoms with Crippen LogP contribution in [0.4, 0.5) is 0 Å². The maximum Gasteiger partial charge on any atom is 0.306 e. The Morgan fingerprint density at radius 1 is 0.250 bits per heavy atom. The molecule has 6 heteroatoms. The highest BCUT2D eigenvalue weighted by Crippen LogP contribution is 2.18. The topological polar surface area (TPSA) is 78.9 Å². The van der Waals surface area contributed by atoms with Crippen molar-refractivity contribution in [2.24, 2.45) is 0 Å². The summed E-state index contributed by atoms with van der Waals surface area (Å²) in [6.45, 7) is 6.71. The number of esters is 3. The Bertz CT molecular complexity index is 951. The Labute approximate surface area is 399 Å². The van der Waals surface area contributed by atoms with Crippen LogP contribution in [0.5, 0.6) is 0 Å². The van der Waals surface area contributed by atoms with Gasteiger partial charge in [0, 0.05) is 19.3 Å². The van der Waals surface area contributed by atoms with Gasteiger partial charge in [0.15, 0.2) is 6.10 Å². The zero-order valence-electron chi connectivity index (χ0n) is 43.6. The Kier molecular flexibility index (Phi) is 52.7. The van der Waals surface area contributed by atoms with Crippen molar-refractivity contribution in [3.8, 4) is 0 Å². The van der Waals surface area contributed by atoms with E-state index in [1.165, 1.54) is 238 Å². The predicted octanol–water partition coefficient (Wildman–Crippen LogP) is 19.2. The van der Waals surface area contributed by atoms with Gasteiger partial charge in [0.05, 0.1) is 0 Å². The monoisotopic (exact) mass is 905 g/mol. The van der Waals surface area contributed by atoms with E-state index in [9.17, 15) is 14.4 Å². The third kappa shape index (κ3) is 51.4. The van der Waals surface area contributed by atoms with Gasteiger partial charge in [-0.05, 0) is 19.3 Å². The normalized spacial score (nSPS) is 11.9. The van der Waals surface area contributed by atoms with Gasteiger partial charge in [-0.2, -0.15) is 0 Å². The second kappa shape index (κ2) is 54.0. The number of hydrogen-bond acceptors (Lipinski definition) is 6. The summed E-state index contributed by atoms with van der Waals surface area (Å²) < 4.78 is 16.9. The largest absolute Gasteiger partial charge is 0.462 e. The van der Waals surface area contributed by atoms with E-state index in [0.717, 1.165) is 57.8 Å². The van der Waals surface area contributed by atoms with Gasteiger partial charge in [0.2, 0.25) is 0 Å². The van der Waals surface area contributed by atoms with Crippen LogP contribution in [-0.2, 0) is 28.6 Å². The van der Waals surface area contributed by atoms with Crippen LogP contribution >= 0.6 is 0 Å². The molecule has 0 aliphatic heterocycles. The van der Waals surface area contributed by atoms with E-state index in [1.807, 2.05) is 0 Å². The van der Waals surface area contributed by atoms with Gasteiger partial charge < -0.3 is 14.2 Å². The molecule has 380 valence electrons. The van der Waals surface area contributed by atoms with Crippen molar-refractivity contribution in [3.05, 3.63) is 0 Å². The van der Waals surface area contributed by atoms with Crippen LogP contribution in [0.3, 0.4) is 0 Å². The zero-order valence-corrected chi connectivity index (χ0v) is 43.6. The molecule has 0 aromatic heterocycles. The number of carbonyl (C=O) groups is 3. The van der Waals surface area contributed by atoms with Crippen LogP contribution in [0.25, 0.3) is 0 Å². The molecule has 0 unspecified atom stereocenters. The molecule has 0 aliphatic rings. The summed E-state index contributed by atoms with van der Waals surface area (Å²) in [5.74, 6) is -0.831. The molecule has 0 heterocycles. The number of carbonyl (C=O) groups excluding carboxylic acids is 3. The maximum absolute atomic E-state index is 12.8. The molecule has 0 fully saturated rings. The second-order valence-corrected chi connectivity index (χ2v) is 19.9. The molecule has 0 radical (unpaired) electrons. The quantitative estimate of drug-likeness (QED) is 0.0344. The summed E-state index contributed by atoms with van der Waals surface area (Å²) in [6, 6.07) is 0. The van der Waals surface area contributed by atoms with E-state index in [0.29, 0.717) is 19.3 Å². The smallest absolute Gasteiger partial charge is 0.306 e. The first-order valence-corrected chi connectivity index (χ1v) is 29.0. The van der Waals surface area contributed by atoms with Crippen molar-refractivity contribution in [2.45, 2.75) is 341 Å². The van der Waals surface area contributed by atoms with Gasteiger partial charge in [0.1, 0.15) is 13.2 Å². The molecule has 0 aliphatic carbocycles. The third-order valence-electron chi connectivity index (χ3n) is 13.4. The van der Waals surface area contributed by atoms with Crippen LogP contribution in [-0.4, -0.2) is 37.2 Å². The molecule has 64 heavy (non-hydrogen) atoms. The first-order valence-electron chi connectivity index (χ1n) is 29.0. The van der Waals surface area contributed by atoms with Crippen LogP contribution in [0.15, 0.2) is 0 Å². The van der Waals surface area contributed by atoms with Crippen LogP contribution in [0.2, 0.25) is 0 Å².